The van der Waals surface area contributed by atoms with Gasteiger partial charge in [0.25, 0.3) is 5.91 Å². The fourth-order valence-corrected chi connectivity index (χ4v) is 2.43. The van der Waals surface area contributed by atoms with Crippen molar-refractivity contribution in [3.63, 3.8) is 0 Å². The molecular weight excluding hydrogens is 320 g/mol. The summed E-state index contributed by atoms with van der Waals surface area (Å²) >= 11 is 0. The number of aromatic nitrogens is 1. The minimum Gasteiger partial charge on any atom is -0.497 e. The number of methoxy groups -OCH3 is 2. The number of carbonyl (C=O) groups is 1. The largest absolute Gasteiger partial charge is 0.497 e. The van der Waals surface area contributed by atoms with Crippen LogP contribution in [0, 0.1) is 0 Å². The summed E-state index contributed by atoms with van der Waals surface area (Å²) in [5, 5.41) is 2.89. The van der Waals surface area contributed by atoms with Crippen LogP contribution in [0.1, 0.15) is 15.9 Å². The van der Waals surface area contributed by atoms with E-state index in [9.17, 15) is 4.79 Å². The average Bonchev–Trinajstić information content (AvgIpc) is 3.20. The first-order chi connectivity index (χ1) is 12.2. The van der Waals surface area contributed by atoms with Gasteiger partial charge in [0, 0.05) is 29.9 Å². The predicted molar refractivity (Wildman–Crippen MR) is 92.7 cm³/mol. The van der Waals surface area contributed by atoms with Gasteiger partial charge in [-0.3, -0.25) is 9.78 Å². The minimum atomic E-state index is -0.230. The second-order valence-corrected chi connectivity index (χ2v) is 5.27. The molecule has 0 unspecified atom stereocenters. The summed E-state index contributed by atoms with van der Waals surface area (Å²) in [5.41, 5.74) is 2.02. The number of pyridine rings is 1. The first kappa shape index (κ1) is 16.6. The Balaban J connectivity index is 1.78. The van der Waals surface area contributed by atoms with E-state index >= 15 is 0 Å². The molecule has 0 aliphatic carbocycles. The Kier molecular flexibility index (Phi) is 4.99. The molecule has 0 saturated carbocycles. The highest BCUT2D eigenvalue weighted by molar-refractivity contribution is 5.95. The van der Waals surface area contributed by atoms with E-state index in [1.807, 2.05) is 18.2 Å². The van der Waals surface area contributed by atoms with E-state index in [1.54, 1.807) is 50.9 Å². The monoisotopic (exact) mass is 338 g/mol. The number of benzene rings is 1. The zero-order valence-electron chi connectivity index (χ0n) is 14.0. The lowest BCUT2D eigenvalue weighted by Gasteiger charge is -2.10. The quantitative estimate of drug-likeness (QED) is 0.746. The Hall–Kier alpha value is -3.28. The zero-order chi connectivity index (χ0) is 17.6. The Bertz CT molecular complexity index is 837. The van der Waals surface area contributed by atoms with Crippen molar-refractivity contribution in [2.45, 2.75) is 6.54 Å². The van der Waals surface area contributed by atoms with Crippen molar-refractivity contribution < 1.29 is 18.7 Å². The van der Waals surface area contributed by atoms with Gasteiger partial charge in [0.2, 0.25) is 0 Å². The molecule has 0 aliphatic heterocycles. The highest BCUT2D eigenvalue weighted by atomic mass is 16.5. The normalized spacial score (nSPS) is 10.3. The molecule has 3 aromatic rings. The van der Waals surface area contributed by atoms with Crippen molar-refractivity contribution in [3.05, 3.63) is 66.1 Å². The van der Waals surface area contributed by atoms with Crippen LogP contribution in [0.2, 0.25) is 0 Å². The van der Waals surface area contributed by atoms with Crippen LogP contribution in [0.5, 0.6) is 11.5 Å². The molecule has 25 heavy (non-hydrogen) atoms. The number of ether oxygens (including phenoxy) is 2. The molecule has 2 heterocycles. The van der Waals surface area contributed by atoms with Crippen molar-refractivity contribution in [2.75, 3.05) is 14.2 Å². The molecule has 0 fully saturated rings. The Morgan fingerprint density at radius 2 is 1.88 bits per heavy atom. The van der Waals surface area contributed by atoms with E-state index in [4.69, 9.17) is 13.9 Å². The maximum absolute atomic E-state index is 12.5. The zero-order valence-corrected chi connectivity index (χ0v) is 14.0. The molecule has 6 nitrogen and oxygen atoms in total. The van der Waals surface area contributed by atoms with Gasteiger partial charge >= 0.3 is 0 Å². The SMILES string of the molecule is COc1cc(OC)cc(C(=O)NCc2cccnc2-c2ccco2)c1. The van der Waals surface area contributed by atoms with Crippen LogP contribution in [0.3, 0.4) is 0 Å². The first-order valence-electron chi connectivity index (χ1n) is 7.70. The lowest BCUT2D eigenvalue weighted by Crippen LogP contribution is -2.23. The number of furan rings is 1. The molecule has 0 saturated heterocycles. The summed E-state index contributed by atoms with van der Waals surface area (Å²) in [4.78, 5) is 16.8. The fraction of sp³-hybridized carbons (Fsp3) is 0.158. The van der Waals surface area contributed by atoms with Gasteiger partial charge in [-0.1, -0.05) is 6.07 Å². The number of hydrogen-bond donors (Lipinski definition) is 1. The lowest BCUT2D eigenvalue weighted by atomic mass is 10.1. The van der Waals surface area contributed by atoms with Gasteiger partial charge < -0.3 is 19.2 Å². The van der Waals surface area contributed by atoms with Crippen LogP contribution in [0.25, 0.3) is 11.5 Å². The Labute approximate surface area is 145 Å². The standard InChI is InChI=1S/C19H18N2O4/c1-23-15-9-14(10-16(11-15)24-2)19(22)21-12-13-5-3-7-20-18(13)17-6-4-8-25-17/h3-11H,12H2,1-2H3,(H,21,22). The third-order valence-electron chi connectivity index (χ3n) is 3.70. The lowest BCUT2D eigenvalue weighted by molar-refractivity contribution is 0.0950. The average molecular weight is 338 g/mol. The third-order valence-corrected chi connectivity index (χ3v) is 3.70. The Morgan fingerprint density at radius 3 is 2.52 bits per heavy atom. The molecule has 0 atom stereocenters. The molecule has 1 aromatic carbocycles. The minimum absolute atomic E-state index is 0.230. The number of amides is 1. The van der Waals surface area contributed by atoms with Crippen molar-refractivity contribution in [2.24, 2.45) is 0 Å². The topological polar surface area (TPSA) is 73.6 Å². The van der Waals surface area contributed by atoms with E-state index in [0.717, 1.165) is 5.56 Å². The van der Waals surface area contributed by atoms with Crippen LogP contribution >= 0.6 is 0 Å². The number of nitrogens with one attached hydrogen (secondary N) is 1. The first-order valence-corrected chi connectivity index (χ1v) is 7.70. The molecule has 128 valence electrons. The molecule has 1 N–H and O–H groups in total. The van der Waals surface area contributed by atoms with Crippen LogP contribution in [-0.4, -0.2) is 25.1 Å². The maximum atomic E-state index is 12.5. The van der Waals surface area contributed by atoms with Crippen LogP contribution < -0.4 is 14.8 Å². The van der Waals surface area contributed by atoms with E-state index in [1.165, 1.54) is 0 Å². The molecule has 6 heteroatoms. The molecule has 1 amide bonds. The van der Waals surface area contributed by atoms with Gasteiger partial charge in [0.05, 0.1) is 20.5 Å². The van der Waals surface area contributed by atoms with Gasteiger partial charge in [-0.2, -0.15) is 0 Å². The maximum Gasteiger partial charge on any atom is 0.251 e. The molecule has 0 bridgehead atoms. The molecule has 0 spiro atoms. The second-order valence-electron chi connectivity index (χ2n) is 5.27. The smallest absolute Gasteiger partial charge is 0.251 e. The summed E-state index contributed by atoms with van der Waals surface area (Å²) in [6, 6.07) is 12.4. The van der Waals surface area contributed by atoms with Gasteiger partial charge in [-0.25, -0.2) is 0 Å². The Morgan fingerprint density at radius 1 is 1.12 bits per heavy atom. The van der Waals surface area contributed by atoms with Crippen LogP contribution in [-0.2, 0) is 6.54 Å². The van der Waals surface area contributed by atoms with Crippen LogP contribution in [0.15, 0.2) is 59.3 Å². The number of rotatable bonds is 6. The summed E-state index contributed by atoms with van der Waals surface area (Å²) in [7, 11) is 3.09. The fourth-order valence-electron chi connectivity index (χ4n) is 2.43. The molecular formula is C19H18N2O4. The summed E-state index contributed by atoms with van der Waals surface area (Å²) in [6.07, 6.45) is 3.28. The molecule has 2 aromatic heterocycles. The van der Waals surface area contributed by atoms with Gasteiger partial charge in [-0.15, -0.1) is 0 Å². The van der Waals surface area contributed by atoms with E-state index < -0.39 is 0 Å². The number of hydrogen-bond acceptors (Lipinski definition) is 5. The number of carbonyl (C=O) groups excluding carboxylic acids is 1. The summed E-state index contributed by atoms with van der Waals surface area (Å²) in [6.45, 7) is 0.322. The van der Waals surface area contributed by atoms with Crippen molar-refractivity contribution >= 4 is 5.91 Å². The van der Waals surface area contributed by atoms with Crippen molar-refractivity contribution in [1.29, 1.82) is 0 Å². The van der Waals surface area contributed by atoms with Crippen LogP contribution in [0.4, 0.5) is 0 Å². The van der Waals surface area contributed by atoms with Gasteiger partial charge in [0.1, 0.15) is 17.2 Å². The predicted octanol–water partition coefficient (Wildman–Crippen LogP) is 3.29. The molecule has 3 rings (SSSR count). The highest BCUT2D eigenvalue weighted by Gasteiger charge is 2.13. The summed E-state index contributed by atoms with van der Waals surface area (Å²) in [5.74, 6) is 1.55. The van der Waals surface area contributed by atoms with E-state index in [0.29, 0.717) is 35.1 Å². The molecule has 0 aliphatic rings. The van der Waals surface area contributed by atoms with Crippen molar-refractivity contribution in [1.82, 2.24) is 10.3 Å². The second kappa shape index (κ2) is 7.53. The van der Waals surface area contributed by atoms with Gasteiger partial charge in [0.15, 0.2) is 5.76 Å². The van der Waals surface area contributed by atoms with E-state index in [2.05, 4.69) is 10.3 Å². The third kappa shape index (κ3) is 3.80. The summed E-state index contributed by atoms with van der Waals surface area (Å²) < 4.78 is 15.8. The molecule has 0 radical (unpaired) electrons. The van der Waals surface area contributed by atoms with E-state index in [-0.39, 0.29) is 5.91 Å². The highest BCUT2D eigenvalue weighted by Crippen LogP contribution is 2.23. The van der Waals surface area contributed by atoms with Crippen molar-refractivity contribution in [3.8, 4) is 23.0 Å². The number of nitrogens with zero attached hydrogens (tertiary/aromatic N) is 1. The van der Waals surface area contributed by atoms with Gasteiger partial charge in [-0.05, 0) is 30.3 Å².